The molecule has 0 unspecified atom stereocenters. The van der Waals surface area contributed by atoms with Crippen LogP contribution in [0.4, 0.5) is 35.7 Å². The summed E-state index contributed by atoms with van der Waals surface area (Å²) in [5.74, 6) is 5.35. The quantitative estimate of drug-likeness (QED) is 0.0590. The van der Waals surface area contributed by atoms with Gasteiger partial charge in [0.25, 0.3) is 0 Å². The van der Waals surface area contributed by atoms with E-state index < -0.39 is 0 Å². The van der Waals surface area contributed by atoms with Crippen LogP contribution < -0.4 is 29.4 Å². The van der Waals surface area contributed by atoms with Crippen molar-refractivity contribution in [1.29, 1.82) is 0 Å². The zero-order valence-corrected chi connectivity index (χ0v) is 58.8. The minimum Gasteiger partial charge on any atom is -0.341 e. The summed E-state index contributed by atoms with van der Waals surface area (Å²) in [6, 6.07) is 0. The third kappa shape index (κ3) is 36.5. The van der Waals surface area contributed by atoms with Gasteiger partial charge in [0.05, 0.1) is 0 Å². The summed E-state index contributed by atoms with van der Waals surface area (Å²) in [5, 5.41) is 0. The van der Waals surface area contributed by atoms with Crippen LogP contribution in [-0.4, -0.2) is 108 Å². The van der Waals surface area contributed by atoms with Gasteiger partial charge in [0, 0.05) is 78.5 Å². The van der Waals surface area contributed by atoms with Gasteiger partial charge in [0.1, 0.15) is 0 Å². The lowest BCUT2D eigenvalue weighted by molar-refractivity contribution is 0.560. The van der Waals surface area contributed by atoms with Crippen molar-refractivity contribution in [1.82, 2.24) is 29.9 Å². The van der Waals surface area contributed by atoms with Gasteiger partial charge in [-0.15, -0.1) is 0 Å². The Labute approximate surface area is 534 Å². The summed E-state index contributed by atoms with van der Waals surface area (Å²) in [4.78, 5) is 48.7. The van der Waals surface area contributed by atoms with Gasteiger partial charge in [-0.05, 0) is 51.4 Å². The first-order chi connectivity index (χ1) is 42.5. The molecular weight excluding hydrogens is 1060 g/mol. The van der Waals surface area contributed by atoms with Crippen molar-refractivity contribution in [2.24, 2.45) is 0 Å². The minimum atomic E-state index is 0.821. The number of rotatable bonds is 62. The van der Waals surface area contributed by atoms with Gasteiger partial charge in [-0.25, -0.2) is 0 Å². The average molecular weight is 1200 g/mol. The summed E-state index contributed by atoms with van der Waals surface area (Å²) >= 11 is 0. The average Bonchev–Trinajstić information content (AvgIpc) is 3.44. The third-order valence-electron chi connectivity index (χ3n) is 18.4. The van der Waals surface area contributed by atoms with Gasteiger partial charge >= 0.3 is 0 Å². The minimum absolute atomic E-state index is 0.821. The zero-order chi connectivity index (χ0) is 61.6. The van der Waals surface area contributed by atoms with Crippen molar-refractivity contribution < 1.29 is 0 Å². The van der Waals surface area contributed by atoms with E-state index in [0.29, 0.717) is 0 Å². The second-order valence-corrected chi connectivity index (χ2v) is 26.5. The molecule has 0 amide bonds. The van der Waals surface area contributed by atoms with Crippen LogP contribution in [0.3, 0.4) is 0 Å². The van der Waals surface area contributed by atoms with E-state index in [1.54, 1.807) is 0 Å². The Morgan fingerprint density at radius 3 is 0.488 bits per heavy atom. The molecule has 0 atom stereocenters. The Hall–Kier alpha value is -3.18. The summed E-state index contributed by atoms with van der Waals surface area (Å²) in [5.41, 5.74) is 0. The molecule has 1 aliphatic rings. The molecule has 0 aromatic carbocycles. The van der Waals surface area contributed by atoms with Crippen molar-refractivity contribution in [3.05, 3.63) is 0 Å². The van der Waals surface area contributed by atoms with Gasteiger partial charge in [0.2, 0.25) is 35.7 Å². The normalized spacial score (nSPS) is 12.7. The van der Waals surface area contributed by atoms with Crippen LogP contribution in [0.1, 0.15) is 364 Å². The molecule has 1 fully saturated rings. The first-order valence-corrected chi connectivity index (χ1v) is 38.5. The lowest BCUT2D eigenvalue weighted by Gasteiger charge is -2.36. The van der Waals surface area contributed by atoms with Crippen LogP contribution in [0, 0.1) is 0 Å². The molecule has 86 heavy (non-hydrogen) atoms. The number of anilines is 6. The van der Waals surface area contributed by atoms with Gasteiger partial charge in [-0.3, -0.25) is 0 Å². The summed E-state index contributed by atoms with van der Waals surface area (Å²) in [7, 11) is 0. The predicted octanol–water partition coefficient (Wildman–Crippen LogP) is 21.5. The maximum atomic E-state index is 5.57. The molecule has 500 valence electrons. The fraction of sp³-hybridized carbons (Fsp3) is 0.919. The van der Waals surface area contributed by atoms with E-state index in [1.165, 1.54) is 308 Å². The zero-order valence-electron chi connectivity index (χ0n) is 58.8. The molecular formula is C74H144N12. The van der Waals surface area contributed by atoms with E-state index in [0.717, 1.165) is 114 Å². The third-order valence-corrected chi connectivity index (χ3v) is 18.4. The van der Waals surface area contributed by atoms with E-state index in [9.17, 15) is 0 Å². The molecule has 0 bridgehead atoms. The SMILES string of the molecule is CCCCCCCCN(CCCCCCCC)c1nc(N(CCCCCCCC)CCCCCCCC)nc(N2CCN(c3nc(N(CCCCCCCC)CCCCCCCC)nc(N(CCCCCCCC)CCCCCCCC)n3)CC2)n1. The van der Waals surface area contributed by atoms with Crippen molar-refractivity contribution in [3.63, 3.8) is 0 Å². The summed E-state index contributed by atoms with van der Waals surface area (Å²) in [6.07, 6.45) is 61.9. The largest absolute Gasteiger partial charge is 0.341 e. The standard InChI is InChI=1S/C74H144N12/c1-9-17-25-33-41-49-57-81(58-50-42-34-26-18-10-2)69-75-70(82(59-51-43-35-27-19-11-3)60-52-44-36-28-20-12-4)78-73(77-69)85-65-67-86(68-66-85)74-79-71(83(61-53-45-37-29-21-13-5)62-54-46-38-30-22-14-6)76-72(80-74)84(63-55-47-39-31-23-15-7)64-56-48-40-32-24-16-8/h9-68H2,1-8H3. The summed E-state index contributed by atoms with van der Waals surface area (Å²) in [6.45, 7) is 30.0. The highest BCUT2D eigenvalue weighted by atomic mass is 15.4. The monoisotopic (exact) mass is 1200 g/mol. The van der Waals surface area contributed by atoms with Crippen LogP contribution in [0.15, 0.2) is 0 Å². The van der Waals surface area contributed by atoms with Crippen molar-refractivity contribution in [2.75, 3.05) is 108 Å². The highest BCUT2D eigenvalue weighted by Crippen LogP contribution is 2.28. The molecule has 1 aliphatic heterocycles. The Bertz CT molecular complexity index is 1490. The highest BCUT2D eigenvalue weighted by molar-refractivity contribution is 5.50. The van der Waals surface area contributed by atoms with Crippen molar-refractivity contribution in [2.45, 2.75) is 364 Å². The van der Waals surface area contributed by atoms with Crippen LogP contribution in [0.2, 0.25) is 0 Å². The number of aromatic nitrogens is 6. The smallest absolute Gasteiger partial charge is 0.232 e. The first-order valence-electron chi connectivity index (χ1n) is 38.5. The number of piperazine rings is 1. The molecule has 1 saturated heterocycles. The second kappa shape index (κ2) is 54.7. The van der Waals surface area contributed by atoms with E-state index in [1.807, 2.05) is 0 Å². The molecule has 3 rings (SSSR count). The van der Waals surface area contributed by atoms with Crippen LogP contribution in [-0.2, 0) is 0 Å². The van der Waals surface area contributed by atoms with E-state index in [-0.39, 0.29) is 0 Å². The van der Waals surface area contributed by atoms with Gasteiger partial charge in [-0.1, -0.05) is 312 Å². The Balaban J connectivity index is 2.12. The number of unbranched alkanes of at least 4 members (excludes halogenated alkanes) is 40. The van der Waals surface area contributed by atoms with Gasteiger partial charge in [-0.2, -0.15) is 29.9 Å². The van der Waals surface area contributed by atoms with Crippen LogP contribution in [0.25, 0.3) is 0 Å². The van der Waals surface area contributed by atoms with Crippen LogP contribution in [0.5, 0.6) is 0 Å². The molecule has 0 spiro atoms. The van der Waals surface area contributed by atoms with E-state index >= 15 is 0 Å². The summed E-state index contributed by atoms with van der Waals surface area (Å²) < 4.78 is 0. The molecule has 0 saturated carbocycles. The number of nitrogens with zero attached hydrogens (tertiary/aromatic N) is 12. The maximum Gasteiger partial charge on any atom is 0.232 e. The van der Waals surface area contributed by atoms with E-state index in [2.05, 4.69) is 84.8 Å². The molecule has 0 radical (unpaired) electrons. The molecule has 0 aliphatic carbocycles. The lowest BCUT2D eigenvalue weighted by atomic mass is 10.1. The first kappa shape index (κ1) is 77.1. The Kier molecular flexibility index (Phi) is 49.0. The molecule has 12 heteroatoms. The molecule has 3 heterocycles. The topological polar surface area (TPSA) is 96.8 Å². The molecule has 12 nitrogen and oxygen atoms in total. The Morgan fingerprint density at radius 1 is 0.198 bits per heavy atom. The second-order valence-electron chi connectivity index (χ2n) is 26.5. The number of hydrogen-bond donors (Lipinski definition) is 0. The fourth-order valence-corrected chi connectivity index (χ4v) is 12.6. The highest BCUT2D eigenvalue weighted by Gasteiger charge is 2.27. The van der Waals surface area contributed by atoms with Crippen LogP contribution >= 0.6 is 0 Å². The Morgan fingerprint density at radius 2 is 0.337 bits per heavy atom. The molecule has 0 N–H and O–H groups in total. The lowest BCUT2D eigenvalue weighted by Crippen LogP contribution is -2.48. The molecule has 2 aromatic heterocycles. The van der Waals surface area contributed by atoms with Gasteiger partial charge < -0.3 is 29.4 Å². The number of hydrogen-bond acceptors (Lipinski definition) is 12. The fourth-order valence-electron chi connectivity index (χ4n) is 12.6. The van der Waals surface area contributed by atoms with Crippen molar-refractivity contribution in [3.8, 4) is 0 Å². The van der Waals surface area contributed by atoms with Crippen molar-refractivity contribution >= 4 is 35.7 Å². The predicted molar refractivity (Wildman–Crippen MR) is 380 cm³/mol. The van der Waals surface area contributed by atoms with Gasteiger partial charge in [0.15, 0.2) is 0 Å². The van der Waals surface area contributed by atoms with E-state index in [4.69, 9.17) is 29.9 Å². The molecule has 2 aromatic rings. The maximum absolute atomic E-state index is 5.57.